The summed E-state index contributed by atoms with van der Waals surface area (Å²) in [7, 11) is 0. The highest BCUT2D eigenvalue weighted by Crippen LogP contribution is 2.18. The number of anilines is 1. The molecule has 0 radical (unpaired) electrons. The van der Waals surface area contributed by atoms with Crippen LogP contribution in [0.1, 0.15) is 40.3 Å². The molecule has 1 amide bonds. The molecule has 0 saturated carbocycles. The van der Waals surface area contributed by atoms with Crippen LogP contribution >= 0.6 is 0 Å². The van der Waals surface area contributed by atoms with Gasteiger partial charge in [0.05, 0.1) is 37.0 Å². The number of halogens is 1. The highest BCUT2D eigenvalue weighted by Gasteiger charge is 2.16. The van der Waals surface area contributed by atoms with E-state index in [4.69, 9.17) is 9.47 Å². The van der Waals surface area contributed by atoms with Gasteiger partial charge in [-0.05, 0) is 44.2 Å². The van der Waals surface area contributed by atoms with E-state index < -0.39 is 23.7 Å². The van der Waals surface area contributed by atoms with Crippen molar-refractivity contribution in [2.45, 2.75) is 20.3 Å². The van der Waals surface area contributed by atoms with E-state index in [0.29, 0.717) is 5.69 Å². The molecular formula is C19H19FN2O5. The molecule has 1 N–H and O–H groups in total. The summed E-state index contributed by atoms with van der Waals surface area (Å²) in [6, 6.07) is 6.74. The first-order valence-electron chi connectivity index (χ1n) is 8.32. The monoisotopic (exact) mass is 374 g/mol. The number of pyridine rings is 1. The van der Waals surface area contributed by atoms with Crippen molar-refractivity contribution in [2.24, 2.45) is 0 Å². The Balaban J connectivity index is 2.22. The van der Waals surface area contributed by atoms with Crippen molar-refractivity contribution in [3.05, 3.63) is 59.2 Å². The summed E-state index contributed by atoms with van der Waals surface area (Å²) in [5.41, 5.74) is 0.826. The number of rotatable bonds is 7. The molecule has 1 heterocycles. The molecule has 1 aromatic heterocycles. The zero-order valence-electron chi connectivity index (χ0n) is 15.0. The zero-order valence-corrected chi connectivity index (χ0v) is 15.0. The lowest BCUT2D eigenvalue weighted by molar-refractivity contribution is -0.115. The lowest BCUT2D eigenvalue weighted by Crippen LogP contribution is -2.17. The summed E-state index contributed by atoms with van der Waals surface area (Å²) in [6.45, 7) is 3.65. The molecule has 7 nitrogen and oxygen atoms in total. The third-order valence-electron chi connectivity index (χ3n) is 3.37. The summed E-state index contributed by atoms with van der Waals surface area (Å²) in [5.74, 6) is -2.19. The molecule has 1 aromatic carbocycles. The van der Waals surface area contributed by atoms with Gasteiger partial charge in [-0.25, -0.2) is 14.0 Å². The van der Waals surface area contributed by atoms with Crippen molar-refractivity contribution in [3.63, 3.8) is 0 Å². The number of esters is 2. The molecule has 142 valence electrons. The third kappa shape index (κ3) is 5.88. The maximum atomic E-state index is 12.9. The number of nitrogens with one attached hydrogen (secondary N) is 1. The number of amides is 1. The van der Waals surface area contributed by atoms with Gasteiger partial charge in [0, 0.05) is 11.4 Å². The van der Waals surface area contributed by atoms with Crippen LogP contribution in [0.25, 0.3) is 0 Å². The average Bonchev–Trinajstić information content (AvgIpc) is 2.63. The predicted molar refractivity (Wildman–Crippen MR) is 94.9 cm³/mol. The second kappa shape index (κ2) is 9.42. The minimum absolute atomic E-state index is 0.0986. The second-order valence-electron chi connectivity index (χ2n) is 5.43. The Morgan fingerprint density at radius 3 is 2.07 bits per heavy atom. The van der Waals surface area contributed by atoms with E-state index in [1.165, 1.54) is 30.3 Å². The van der Waals surface area contributed by atoms with E-state index in [-0.39, 0.29) is 36.4 Å². The van der Waals surface area contributed by atoms with Crippen LogP contribution in [0.4, 0.5) is 10.1 Å². The first-order valence-corrected chi connectivity index (χ1v) is 8.32. The minimum Gasteiger partial charge on any atom is -0.462 e. The summed E-state index contributed by atoms with van der Waals surface area (Å²) >= 11 is 0. The number of benzene rings is 1. The molecule has 2 aromatic rings. The largest absolute Gasteiger partial charge is 0.462 e. The lowest BCUT2D eigenvalue weighted by atomic mass is 10.1. The minimum atomic E-state index is -0.626. The molecule has 0 spiro atoms. The SMILES string of the molecule is CCOC(=O)c1cc(NC(=O)Cc2ccc(F)cn2)cc(C(=O)OCC)c1. The number of ether oxygens (including phenoxy) is 2. The van der Waals surface area contributed by atoms with Crippen molar-refractivity contribution in [1.82, 2.24) is 4.98 Å². The molecule has 0 aliphatic heterocycles. The van der Waals surface area contributed by atoms with E-state index in [1.54, 1.807) is 13.8 Å². The lowest BCUT2D eigenvalue weighted by Gasteiger charge is -2.10. The van der Waals surface area contributed by atoms with Crippen LogP contribution < -0.4 is 5.32 Å². The molecule has 8 heteroatoms. The summed E-state index contributed by atoms with van der Waals surface area (Å²) in [5, 5.41) is 2.59. The predicted octanol–water partition coefficient (Wildman–Crippen LogP) is 2.76. The van der Waals surface area contributed by atoms with Gasteiger partial charge in [0.1, 0.15) is 5.82 Å². The third-order valence-corrected chi connectivity index (χ3v) is 3.37. The standard InChI is InChI=1S/C19H19FN2O5/c1-3-26-18(24)12-7-13(19(25)27-4-2)9-16(8-12)22-17(23)10-15-6-5-14(20)11-21-15/h5-9,11H,3-4,10H2,1-2H3,(H,22,23). The Bertz CT molecular complexity index is 800. The Morgan fingerprint density at radius 2 is 1.59 bits per heavy atom. The van der Waals surface area contributed by atoms with Gasteiger partial charge in [-0.3, -0.25) is 9.78 Å². The number of carbonyl (C=O) groups excluding carboxylic acids is 3. The van der Waals surface area contributed by atoms with Crippen molar-refractivity contribution in [3.8, 4) is 0 Å². The maximum Gasteiger partial charge on any atom is 0.338 e. The van der Waals surface area contributed by atoms with E-state index in [2.05, 4.69) is 10.3 Å². The Labute approximate surface area is 155 Å². The van der Waals surface area contributed by atoms with Gasteiger partial charge >= 0.3 is 11.9 Å². The van der Waals surface area contributed by atoms with Crippen LogP contribution in [-0.4, -0.2) is 36.0 Å². The van der Waals surface area contributed by atoms with E-state index >= 15 is 0 Å². The van der Waals surface area contributed by atoms with E-state index in [9.17, 15) is 18.8 Å². The molecule has 0 fully saturated rings. The summed E-state index contributed by atoms with van der Waals surface area (Å²) in [4.78, 5) is 40.0. The molecule has 0 unspecified atom stereocenters. The van der Waals surface area contributed by atoms with Crippen molar-refractivity contribution in [2.75, 3.05) is 18.5 Å². The van der Waals surface area contributed by atoms with Gasteiger partial charge in [-0.15, -0.1) is 0 Å². The number of hydrogen-bond donors (Lipinski definition) is 1. The topological polar surface area (TPSA) is 94.6 Å². The van der Waals surface area contributed by atoms with Gasteiger partial charge in [0.25, 0.3) is 0 Å². The van der Waals surface area contributed by atoms with Crippen molar-refractivity contribution >= 4 is 23.5 Å². The number of hydrogen-bond acceptors (Lipinski definition) is 6. The fraction of sp³-hybridized carbons (Fsp3) is 0.263. The smallest absolute Gasteiger partial charge is 0.338 e. The van der Waals surface area contributed by atoms with Gasteiger partial charge in [0.2, 0.25) is 5.91 Å². The molecule has 0 bridgehead atoms. The van der Waals surface area contributed by atoms with Crippen molar-refractivity contribution in [1.29, 1.82) is 0 Å². The number of aromatic nitrogens is 1. The van der Waals surface area contributed by atoms with Crippen LogP contribution in [0.15, 0.2) is 36.5 Å². The summed E-state index contributed by atoms with van der Waals surface area (Å²) < 4.78 is 22.8. The Kier molecular flexibility index (Phi) is 6.99. The van der Waals surface area contributed by atoms with Crippen LogP contribution in [0, 0.1) is 5.82 Å². The molecular weight excluding hydrogens is 355 g/mol. The quantitative estimate of drug-likeness (QED) is 0.749. The van der Waals surface area contributed by atoms with Crippen LogP contribution in [0.2, 0.25) is 0 Å². The van der Waals surface area contributed by atoms with Gasteiger partial charge in [-0.1, -0.05) is 0 Å². The highest BCUT2D eigenvalue weighted by molar-refractivity contribution is 5.99. The molecule has 0 atom stereocenters. The number of carbonyl (C=O) groups is 3. The molecule has 27 heavy (non-hydrogen) atoms. The van der Waals surface area contributed by atoms with Crippen LogP contribution in [0.5, 0.6) is 0 Å². The molecule has 0 aliphatic rings. The van der Waals surface area contributed by atoms with Gasteiger partial charge < -0.3 is 14.8 Å². The second-order valence-corrected chi connectivity index (χ2v) is 5.43. The fourth-order valence-corrected chi connectivity index (χ4v) is 2.25. The highest BCUT2D eigenvalue weighted by atomic mass is 19.1. The van der Waals surface area contributed by atoms with Crippen LogP contribution in [0.3, 0.4) is 0 Å². The summed E-state index contributed by atoms with van der Waals surface area (Å²) in [6.07, 6.45) is 0.918. The average molecular weight is 374 g/mol. The molecule has 0 saturated heterocycles. The molecule has 0 aliphatic carbocycles. The Morgan fingerprint density at radius 1 is 1.00 bits per heavy atom. The first kappa shape index (κ1) is 20.0. The maximum absolute atomic E-state index is 12.9. The Hall–Kier alpha value is -3.29. The normalized spacial score (nSPS) is 10.2. The zero-order chi connectivity index (χ0) is 19.8. The number of nitrogens with zero attached hydrogens (tertiary/aromatic N) is 1. The van der Waals surface area contributed by atoms with Gasteiger partial charge in [0.15, 0.2) is 0 Å². The van der Waals surface area contributed by atoms with Crippen LogP contribution in [-0.2, 0) is 20.7 Å². The first-order chi connectivity index (χ1) is 12.9. The van der Waals surface area contributed by atoms with Crippen molar-refractivity contribution < 1.29 is 28.2 Å². The van der Waals surface area contributed by atoms with Gasteiger partial charge in [-0.2, -0.15) is 0 Å². The van der Waals surface area contributed by atoms with E-state index in [1.807, 2.05) is 0 Å². The molecule has 2 rings (SSSR count). The van der Waals surface area contributed by atoms with E-state index in [0.717, 1.165) is 6.20 Å². The fourth-order valence-electron chi connectivity index (χ4n) is 2.25.